The molecular formula is C16H23N3OS. The molecule has 21 heavy (non-hydrogen) atoms. The Kier molecular flexibility index (Phi) is 4.33. The number of aromatic amines is 1. The minimum absolute atomic E-state index is 0.160. The number of nitrogens with one attached hydrogen (secondary N) is 1. The van der Waals surface area contributed by atoms with E-state index in [1.54, 1.807) is 23.4 Å². The molecule has 0 radical (unpaired) electrons. The van der Waals surface area contributed by atoms with E-state index in [4.69, 9.17) is 0 Å². The first-order chi connectivity index (χ1) is 9.70. The Morgan fingerprint density at radius 2 is 1.81 bits per heavy atom. The van der Waals surface area contributed by atoms with Crippen molar-refractivity contribution in [3.05, 3.63) is 44.9 Å². The van der Waals surface area contributed by atoms with Gasteiger partial charge in [-0.25, -0.2) is 9.89 Å². The van der Waals surface area contributed by atoms with Crippen molar-refractivity contribution in [2.45, 2.75) is 50.9 Å². The van der Waals surface area contributed by atoms with Gasteiger partial charge in [-0.3, -0.25) is 4.57 Å². The minimum Gasteiger partial charge on any atom is -0.273 e. The molecule has 4 nitrogen and oxygen atoms in total. The first-order valence-electron chi connectivity index (χ1n) is 7.05. The first kappa shape index (κ1) is 15.9. The lowest BCUT2D eigenvalue weighted by atomic mass is 9.84. The van der Waals surface area contributed by atoms with Crippen LogP contribution in [0.1, 0.15) is 43.0 Å². The number of aromatic nitrogens is 3. The number of aryl methyl sites for hydroxylation is 2. The van der Waals surface area contributed by atoms with Crippen LogP contribution in [0.3, 0.4) is 0 Å². The van der Waals surface area contributed by atoms with Crippen LogP contribution in [0.2, 0.25) is 0 Å². The van der Waals surface area contributed by atoms with E-state index in [1.807, 2.05) is 0 Å². The Bertz CT molecular complexity index is 684. The van der Waals surface area contributed by atoms with E-state index in [1.165, 1.54) is 22.3 Å². The van der Waals surface area contributed by atoms with E-state index < -0.39 is 0 Å². The SMILES string of the molecule is Cc1cc(C(C)(C)C)cc(C)c1CSc1n[nH]c(=O)n1C. The van der Waals surface area contributed by atoms with Crippen LogP contribution in [0.25, 0.3) is 0 Å². The third-order valence-corrected chi connectivity index (χ3v) is 4.80. The molecule has 2 aromatic rings. The van der Waals surface area contributed by atoms with Crippen molar-refractivity contribution in [3.8, 4) is 0 Å². The summed E-state index contributed by atoms with van der Waals surface area (Å²) < 4.78 is 1.54. The summed E-state index contributed by atoms with van der Waals surface area (Å²) in [7, 11) is 1.73. The quantitative estimate of drug-likeness (QED) is 0.885. The maximum atomic E-state index is 11.4. The van der Waals surface area contributed by atoms with Crippen molar-refractivity contribution in [1.82, 2.24) is 14.8 Å². The number of hydrogen-bond donors (Lipinski definition) is 1. The molecule has 1 aromatic carbocycles. The fourth-order valence-electron chi connectivity index (χ4n) is 2.25. The van der Waals surface area contributed by atoms with E-state index in [0.29, 0.717) is 0 Å². The Hall–Kier alpha value is -1.49. The average Bonchev–Trinajstić information content (AvgIpc) is 2.68. The smallest absolute Gasteiger partial charge is 0.273 e. The van der Waals surface area contributed by atoms with Gasteiger partial charge < -0.3 is 0 Å². The maximum absolute atomic E-state index is 11.4. The van der Waals surface area contributed by atoms with Crippen LogP contribution in [-0.2, 0) is 18.2 Å². The van der Waals surface area contributed by atoms with Gasteiger partial charge in [0.25, 0.3) is 0 Å². The van der Waals surface area contributed by atoms with Gasteiger partial charge in [0.2, 0.25) is 0 Å². The van der Waals surface area contributed by atoms with E-state index >= 15 is 0 Å². The summed E-state index contributed by atoms with van der Waals surface area (Å²) in [5, 5.41) is 7.22. The number of nitrogens with zero attached hydrogens (tertiary/aromatic N) is 2. The Labute approximate surface area is 130 Å². The van der Waals surface area contributed by atoms with Gasteiger partial charge in [-0.05, 0) is 41.5 Å². The standard InChI is InChI=1S/C16H23N3OS/c1-10-7-12(16(3,4)5)8-11(2)13(10)9-21-15-18-17-14(20)19(15)6/h7-8H,9H2,1-6H3,(H,17,20). The molecule has 0 aliphatic rings. The monoisotopic (exact) mass is 305 g/mol. The number of thioether (sulfide) groups is 1. The van der Waals surface area contributed by atoms with Crippen LogP contribution >= 0.6 is 11.8 Å². The van der Waals surface area contributed by atoms with E-state index in [0.717, 1.165) is 10.9 Å². The Morgan fingerprint density at radius 1 is 1.24 bits per heavy atom. The highest BCUT2D eigenvalue weighted by Gasteiger charge is 2.16. The van der Waals surface area contributed by atoms with Crippen molar-refractivity contribution in [2.24, 2.45) is 7.05 Å². The molecule has 0 unspecified atom stereocenters. The van der Waals surface area contributed by atoms with Crippen molar-refractivity contribution in [1.29, 1.82) is 0 Å². The van der Waals surface area contributed by atoms with Crippen molar-refractivity contribution in [2.75, 3.05) is 0 Å². The molecule has 0 amide bonds. The van der Waals surface area contributed by atoms with Crippen molar-refractivity contribution >= 4 is 11.8 Å². The molecule has 2 rings (SSSR count). The molecule has 0 atom stereocenters. The Balaban J connectivity index is 2.25. The second-order valence-electron chi connectivity index (χ2n) is 6.50. The van der Waals surface area contributed by atoms with Gasteiger partial charge in [0, 0.05) is 12.8 Å². The summed E-state index contributed by atoms with van der Waals surface area (Å²) in [6, 6.07) is 4.54. The molecular weight excluding hydrogens is 282 g/mol. The van der Waals surface area contributed by atoms with Crippen LogP contribution in [0.5, 0.6) is 0 Å². The van der Waals surface area contributed by atoms with Crippen LogP contribution in [0.15, 0.2) is 22.1 Å². The summed E-state index contributed by atoms with van der Waals surface area (Å²) in [5.41, 5.74) is 5.27. The zero-order valence-corrected chi connectivity index (χ0v) is 14.4. The lowest BCUT2D eigenvalue weighted by Crippen LogP contribution is -2.13. The maximum Gasteiger partial charge on any atom is 0.343 e. The average molecular weight is 305 g/mol. The molecule has 0 aliphatic heterocycles. The molecule has 1 N–H and O–H groups in total. The van der Waals surface area contributed by atoms with E-state index in [-0.39, 0.29) is 11.1 Å². The second-order valence-corrected chi connectivity index (χ2v) is 7.44. The summed E-state index contributed by atoms with van der Waals surface area (Å²) in [4.78, 5) is 11.4. The molecule has 5 heteroatoms. The van der Waals surface area contributed by atoms with Gasteiger partial charge in [-0.1, -0.05) is 44.7 Å². The molecule has 0 bridgehead atoms. The van der Waals surface area contributed by atoms with E-state index in [2.05, 4.69) is 56.9 Å². The predicted octanol–water partition coefficient (Wildman–Crippen LogP) is 3.32. The van der Waals surface area contributed by atoms with Gasteiger partial charge in [-0.15, -0.1) is 5.10 Å². The summed E-state index contributed by atoms with van der Waals surface area (Å²) in [5.74, 6) is 0.820. The second kappa shape index (κ2) is 5.72. The van der Waals surface area contributed by atoms with Crippen molar-refractivity contribution in [3.63, 3.8) is 0 Å². The lowest BCUT2D eigenvalue weighted by Gasteiger charge is -2.22. The van der Waals surface area contributed by atoms with Gasteiger partial charge in [-0.2, -0.15) is 0 Å². The molecule has 114 valence electrons. The molecule has 0 saturated heterocycles. The number of rotatable bonds is 3. The fraction of sp³-hybridized carbons (Fsp3) is 0.500. The van der Waals surface area contributed by atoms with Crippen LogP contribution in [0.4, 0.5) is 0 Å². The third kappa shape index (κ3) is 3.40. The van der Waals surface area contributed by atoms with Crippen LogP contribution < -0.4 is 5.69 Å². The number of H-pyrrole nitrogens is 1. The summed E-state index contributed by atoms with van der Waals surface area (Å²) in [6.45, 7) is 11.0. The molecule has 1 aromatic heterocycles. The molecule has 0 fully saturated rings. The highest BCUT2D eigenvalue weighted by Crippen LogP contribution is 2.30. The largest absolute Gasteiger partial charge is 0.343 e. The molecule has 0 saturated carbocycles. The topological polar surface area (TPSA) is 50.7 Å². The lowest BCUT2D eigenvalue weighted by molar-refractivity contribution is 0.589. The van der Waals surface area contributed by atoms with Crippen molar-refractivity contribution < 1.29 is 0 Å². The highest BCUT2D eigenvalue weighted by molar-refractivity contribution is 7.98. The van der Waals surface area contributed by atoms with Crippen LogP contribution in [0, 0.1) is 13.8 Å². The highest BCUT2D eigenvalue weighted by atomic mass is 32.2. The zero-order chi connectivity index (χ0) is 15.8. The first-order valence-corrected chi connectivity index (χ1v) is 8.03. The molecule has 0 aliphatic carbocycles. The molecule has 0 spiro atoms. The predicted molar refractivity (Wildman–Crippen MR) is 88.0 cm³/mol. The van der Waals surface area contributed by atoms with E-state index in [9.17, 15) is 4.79 Å². The summed E-state index contributed by atoms with van der Waals surface area (Å²) in [6.07, 6.45) is 0. The Morgan fingerprint density at radius 3 is 2.24 bits per heavy atom. The number of hydrogen-bond acceptors (Lipinski definition) is 3. The fourth-order valence-corrected chi connectivity index (χ4v) is 3.37. The van der Waals surface area contributed by atoms with Gasteiger partial charge in [0.1, 0.15) is 0 Å². The zero-order valence-electron chi connectivity index (χ0n) is 13.6. The number of benzene rings is 1. The third-order valence-electron chi connectivity index (χ3n) is 3.75. The van der Waals surface area contributed by atoms with Gasteiger partial charge in [0.15, 0.2) is 5.16 Å². The normalized spacial score (nSPS) is 11.9. The van der Waals surface area contributed by atoms with Gasteiger partial charge >= 0.3 is 5.69 Å². The van der Waals surface area contributed by atoms with Crippen LogP contribution in [-0.4, -0.2) is 14.8 Å². The minimum atomic E-state index is -0.172. The molecule has 1 heterocycles. The summed E-state index contributed by atoms with van der Waals surface area (Å²) >= 11 is 1.58. The van der Waals surface area contributed by atoms with Gasteiger partial charge in [0.05, 0.1) is 0 Å².